The number of para-hydroxylation sites is 2. The van der Waals surface area contributed by atoms with Crippen molar-refractivity contribution in [3.8, 4) is 51.0 Å². The van der Waals surface area contributed by atoms with E-state index in [0.717, 1.165) is 49.9 Å². The summed E-state index contributed by atoms with van der Waals surface area (Å²) in [5.41, 5.74) is 10.3. The van der Waals surface area contributed by atoms with Crippen molar-refractivity contribution >= 4 is 75.3 Å². The van der Waals surface area contributed by atoms with Crippen LogP contribution in [-0.2, 0) is 0 Å². The van der Waals surface area contributed by atoms with Gasteiger partial charge in [-0.3, -0.25) is 0 Å². The van der Waals surface area contributed by atoms with Crippen LogP contribution in [0.15, 0.2) is 186 Å². The van der Waals surface area contributed by atoms with E-state index in [9.17, 15) is 0 Å². The van der Waals surface area contributed by atoms with Gasteiger partial charge in [-0.15, -0.1) is 11.3 Å². The third-order valence-corrected chi connectivity index (χ3v) is 12.2. The number of furan rings is 1. The summed E-state index contributed by atoms with van der Waals surface area (Å²) < 4.78 is 11.4. The molecule has 5 nitrogen and oxygen atoms in total. The number of thiophene rings is 1. The van der Waals surface area contributed by atoms with Gasteiger partial charge in [0.2, 0.25) is 0 Å². The van der Waals surface area contributed by atoms with Gasteiger partial charge in [0.05, 0.1) is 22.1 Å². The van der Waals surface area contributed by atoms with E-state index in [-0.39, 0.29) is 0 Å². The van der Waals surface area contributed by atoms with Gasteiger partial charge in [0.25, 0.3) is 0 Å². The minimum absolute atomic E-state index is 0.644. The zero-order chi connectivity index (χ0) is 37.5. The van der Waals surface area contributed by atoms with Crippen LogP contribution in [0.5, 0.6) is 0 Å². The lowest BCUT2D eigenvalue weighted by Gasteiger charge is -2.10. The Bertz CT molecular complexity index is 3420. The van der Waals surface area contributed by atoms with Gasteiger partial charge in [-0.25, -0.2) is 15.0 Å². The predicted octanol–water partition coefficient (Wildman–Crippen LogP) is 13.9. The van der Waals surface area contributed by atoms with Gasteiger partial charge in [-0.2, -0.15) is 0 Å². The number of aromatic nitrogens is 4. The first kappa shape index (κ1) is 31.9. The summed E-state index contributed by atoms with van der Waals surface area (Å²) in [5.74, 6) is 1.94. The average molecular weight is 747 g/mol. The lowest BCUT2D eigenvalue weighted by atomic mass is 9.97. The number of hydrogen-bond acceptors (Lipinski definition) is 5. The number of rotatable bonds is 5. The standard InChI is InChI=1S/C51H30N4OS/c1-3-13-31(14-4-1)49-52-50(32-15-5-2-6-16-32)54-51(53-49)34-26-28-45-39(30-34)47-35(19-11-24-46(47)57-45)33-25-27-43-38(29-33)48-42(22-12-23-44(48)56-43)55-40-20-9-7-17-36(40)37-18-8-10-21-41(37)55/h1-30H. The molecule has 12 rings (SSSR count). The normalized spacial score (nSPS) is 11.9. The first-order valence-corrected chi connectivity index (χ1v) is 19.8. The molecule has 266 valence electrons. The lowest BCUT2D eigenvalue weighted by Crippen LogP contribution is -2.00. The Morgan fingerprint density at radius 2 is 0.982 bits per heavy atom. The van der Waals surface area contributed by atoms with Crippen LogP contribution in [-0.4, -0.2) is 19.5 Å². The Balaban J connectivity index is 1.05. The maximum atomic E-state index is 6.57. The second kappa shape index (κ2) is 12.6. The molecule has 8 aromatic carbocycles. The minimum Gasteiger partial charge on any atom is -0.456 e. The zero-order valence-electron chi connectivity index (χ0n) is 30.4. The first-order chi connectivity index (χ1) is 28.2. The Morgan fingerprint density at radius 3 is 1.68 bits per heavy atom. The molecule has 0 saturated heterocycles. The second-order valence-electron chi connectivity index (χ2n) is 14.4. The maximum absolute atomic E-state index is 6.57. The Morgan fingerprint density at radius 1 is 0.386 bits per heavy atom. The van der Waals surface area contributed by atoms with Gasteiger partial charge in [0, 0.05) is 53.0 Å². The van der Waals surface area contributed by atoms with Gasteiger partial charge in [0.1, 0.15) is 11.2 Å². The van der Waals surface area contributed by atoms with Crippen LogP contribution in [0, 0.1) is 0 Å². The van der Waals surface area contributed by atoms with Crippen LogP contribution in [0.2, 0.25) is 0 Å². The Labute approximate surface area is 330 Å². The molecule has 0 aliphatic heterocycles. The number of fused-ring (bicyclic) bond motifs is 9. The van der Waals surface area contributed by atoms with Crippen LogP contribution < -0.4 is 0 Å². The zero-order valence-corrected chi connectivity index (χ0v) is 31.2. The molecule has 0 unspecified atom stereocenters. The van der Waals surface area contributed by atoms with Gasteiger partial charge < -0.3 is 8.98 Å². The van der Waals surface area contributed by atoms with Gasteiger partial charge in [-0.05, 0) is 71.8 Å². The monoisotopic (exact) mass is 746 g/mol. The Kier molecular flexibility index (Phi) is 7.03. The molecule has 0 aliphatic carbocycles. The van der Waals surface area contributed by atoms with Gasteiger partial charge in [-0.1, -0.05) is 121 Å². The van der Waals surface area contributed by atoms with Crippen LogP contribution in [0.3, 0.4) is 0 Å². The van der Waals surface area contributed by atoms with Crippen molar-refractivity contribution in [1.82, 2.24) is 19.5 Å². The largest absolute Gasteiger partial charge is 0.456 e. The van der Waals surface area contributed by atoms with Crippen molar-refractivity contribution in [3.63, 3.8) is 0 Å². The molecule has 0 spiro atoms. The molecular weight excluding hydrogens is 717 g/mol. The highest BCUT2D eigenvalue weighted by molar-refractivity contribution is 7.26. The average Bonchev–Trinajstić information content (AvgIpc) is 3.96. The number of nitrogens with zero attached hydrogens (tertiary/aromatic N) is 4. The maximum Gasteiger partial charge on any atom is 0.164 e. The van der Waals surface area contributed by atoms with E-state index in [2.05, 4.69) is 126 Å². The molecule has 4 aromatic heterocycles. The smallest absolute Gasteiger partial charge is 0.164 e. The highest BCUT2D eigenvalue weighted by Crippen LogP contribution is 2.44. The van der Waals surface area contributed by atoms with E-state index in [1.807, 2.05) is 72.0 Å². The minimum atomic E-state index is 0.644. The van der Waals surface area contributed by atoms with Crippen molar-refractivity contribution in [3.05, 3.63) is 182 Å². The van der Waals surface area contributed by atoms with E-state index in [1.54, 1.807) is 0 Å². The van der Waals surface area contributed by atoms with E-state index in [0.29, 0.717) is 17.5 Å². The van der Waals surface area contributed by atoms with Gasteiger partial charge in [0.15, 0.2) is 17.5 Å². The van der Waals surface area contributed by atoms with E-state index in [4.69, 9.17) is 19.4 Å². The summed E-state index contributed by atoms with van der Waals surface area (Å²) in [6.07, 6.45) is 0. The second-order valence-corrected chi connectivity index (χ2v) is 15.4. The lowest BCUT2D eigenvalue weighted by molar-refractivity contribution is 0.669. The highest BCUT2D eigenvalue weighted by atomic mass is 32.1. The molecule has 0 N–H and O–H groups in total. The third kappa shape index (κ3) is 5.04. The molecular formula is C51H30N4OS. The highest BCUT2D eigenvalue weighted by Gasteiger charge is 2.20. The van der Waals surface area contributed by atoms with E-state index >= 15 is 0 Å². The molecule has 0 atom stereocenters. The van der Waals surface area contributed by atoms with Crippen LogP contribution >= 0.6 is 11.3 Å². The van der Waals surface area contributed by atoms with E-state index < -0.39 is 0 Å². The summed E-state index contributed by atoms with van der Waals surface area (Å²) in [6, 6.07) is 63.8. The van der Waals surface area contributed by atoms with Crippen molar-refractivity contribution in [2.75, 3.05) is 0 Å². The van der Waals surface area contributed by atoms with Crippen molar-refractivity contribution in [2.45, 2.75) is 0 Å². The van der Waals surface area contributed by atoms with Crippen LogP contribution in [0.4, 0.5) is 0 Å². The molecule has 0 amide bonds. The predicted molar refractivity (Wildman–Crippen MR) is 236 cm³/mol. The fourth-order valence-electron chi connectivity index (χ4n) is 8.49. The molecule has 12 aromatic rings. The van der Waals surface area contributed by atoms with Crippen molar-refractivity contribution in [1.29, 1.82) is 0 Å². The summed E-state index contributed by atoms with van der Waals surface area (Å²) in [7, 11) is 0. The quantitative estimate of drug-likeness (QED) is 0.176. The molecule has 0 saturated carbocycles. The molecule has 0 radical (unpaired) electrons. The topological polar surface area (TPSA) is 56.7 Å². The summed E-state index contributed by atoms with van der Waals surface area (Å²) in [6.45, 7) is 0. The van der Waals surface area contributed by atoms with Crippen molar-refractivity contribution in [2.24, 2.45) is 0 Å². The summed E-state index contributed by atoms with van der Waals surface area (Å²) >= 11 is 1.81. The van der Waals surface area contributed by atoms with Crippen molar-refractivity contribution < 1.29 is 4.42 Å². The molecule has 0 fully saturated rings. The Hall–Kier alpha value is -7.41. The summed E-state index contributed by atoms with van der Waals surface area (Å²) in [4.78, 5) is 15.0. The van der Waals surface area contributed by atoms with Crippen LogP contribution in [0.25, 0.3) is 115 Å². The molecule has 6 heteroatoms. The molecule has 57 heavy (non-hydrogen) atoms. The fraction of sp³-hybridized carbons (Fsp3) is 0. The number of hydrogen-bond donors (Lipinski definition) is 0. The van der Waals surface area contributed by atoms with Crippen LogP contribution in [0.1, 0.15) is 0 Å². The molecule has 0 bridgehead atoms. The van der Waals surface area contributed by atoms with E-state index in [1.165, 1.54) is 47.5 Å². The molecule has 4 heterocycles. The SMILES string of the molecule is c1ccc(-c2nc(-c3ccccc3)nc(-c3ccc4sc5cccc(-c6ccc7oc8cccc(-n9c%10ccccc%10c%10ccccc%109)c8c7c6)c5c4c3)n2)cc1. The third-order valence-electron chi connectivity index (χ3n) is 11.1. The molecule has 0 aliphatic rings. The number of benzene rings is 8. The fourth-order valence-corrected chi connectivity index (χ4v) is 9.60. The van der Waals surface area contributed by atoms with Gasteiger partial charge >= 0.3 is 0 Å². The summed E-state index contributed by atoms with van der Waals surface area (Å²) in [5, 5.41) is 7.05. The first-order valence-electron chi connectivity index (χ1n) is 19.0.